The van der Waals surface area contributed by atoms with Crippen molar-refractivity contribution in [1.82, 2.24) is 15.1 Å². The van der Waals surface area contributed by atoms with Crippen LogP contribution in [0.3, 0.4) is 0 Å². The molecule has 1 N–H and O–H groups in total. The van der Waals surface area contributed by atoms with Gasteiger partial charge in [-0.05, 0) is 37.1 Å². The van der Waals surface area contributed by atoms with E-state index in [4.69, 9.17) is 0 Å². The first kappa shape index (κ1) is 18.4. The summed E-state index contributed by atoms with van der Waals surface area (Å²) in [6.45, 7) is 5.18. The van der Waals surface area contributed by atoms with E-state index in [9.17, 15) is 14.0 Å². The fourth-order valence-corrected chi connectivity index (χ4v) is 3.82. The standard InChI is InChI=1S/C18H21FN4O2S/c1-11(2)18(25)23-9-3-4-12(10-23)16-21-22-17(26-16)15(24)20-14-7-5-13(19)6-8-14/h5-8,11-12H,3-4,9-10H2,1-2H3,(H,20,24). The number of hydrogen-bond donors (Lipinski definition) is 1. The molecule has 8 heteroatoms. The van der Waals surface area contributed by atoms with Crippen LogP contribution in [0.2, 0.25) is 0 Å². The monoisotopic (exact) mass is 376 g/mol. The fourth-order valence-electron chi connectivity index (χ4n) is 2.95. The summed E-state index contributed by atoms with van der Waals surface area (Å²) < 4.78 is 12.9. The first-order valence-corrected chi connectivity index (χ1v) is 9.45. The van der Waals surface area contributed by atoms with Crippen LogP contribution in [0.15, 0.2) is 24.3 Å². The number of piperidine rings is 1. The van der Waals surface area contributed by atoms with Crippen molar-refractivity contribution in [3.8, 4) is 0 Å². The summed E-state index contributed by atoms with van der Waals surface area (Å²) in [6, 6.07) is 5.55. The van der Waals surface area contributed by atoms with Crippen molar-refractivity contribution in [2.45, 2.75) is 32.6 Å². The average molecular weight is 376 g/mol. The molecule has 26 heavy (non-hydrogen) atoms. The van der Waals surface area contributed by atoms with Gasteiger partial charge in [0.2, 0.25) is 10.9 Å². The number of rotatable bonds is 4. The van der Waals surface area contributed by atoms with Crippen molar-refractivity contribution in [1.29, 1.82) is 0 Å². The van der Waals surface area contributed by atoms with E-state index in [0.717, 1.165) is 24.4 Å². The number of nitrogens with zero attached hydrogens (tertiary/aromatic N) is 3. The zero-order valence-corrected chi connectivity index (χ0v) is 15.6. The molecule has 2 heterocycles. The third-order valence-corrected chi connectivity index (χ3v) is 5.40. The number of hydrogen-bond acceptors (Lipinski definition) is 5. The Balaban J connectivity index is 1.66. The number of benzene rings is 1. The minimum absolute atomic E-state index is 0.0276. The highest BCUT2D eigenvalue weighted by Gasteiger charge is 2.28. The van der Waals surface area contributed by atoms with Gasteiger partial charge in [-0.1, -0.05) is 25.2 Å². The van der Waals surface area contributed by atoms with Gasteiger partial charge in [0.05, 0.1) is 0 Å². The highest BCUT2D eigenvalue weighted by Crippen LogP contribution is 2.30. The Kier molecular flexibility index (Phi) is 5.61. The Morgan fingerprint density at radius 2 is 2.00 bits per heavy atom. The molecular weight excluding hydrogens is 355 g/mol. The van der Waals surface area contributed by atoms with Crippen molar-refractivity contribution in [2.75, 3.05) is 18.4 Å². The molecule has 1 unspecified atom stereocenters. The SMILES string of the molecule is CC(C)C(=O)N1CCCC(c2nnc(C(=O)Nc3ccc(F)cc3)s2)C1. The number of carbonyl (C=O) groups is 2. The lowest BCUT2D eigenvalue weighted by atomic mass is 9.97. The van der Waals surface area contributed by atoms with E-state index in [1.165, 1.54) is 35.6 Å². The van der Waals surface area contributed by atoms with Crippen LogP contribution in [-0.2, 0) is 4.79 Å². The number of aromatic nitrogens is 2. The topological polar surface area (TPSA) is 75.2 Å². The van der Waals surface area contributed by atoms with Gasteiger partial charge < -0.3 is 10.2 Å². The molecule has 1 saturated heterocycles. The summed E-state index contributed by atoms with van der Waals surface area (Å²) in [5.74, 6) is -0.504. The molecule has 0 spiro atoms. The predicted octanol–water partition coefficient (Wildman–Crippen LogP) is 3.29. The second-order valence-electron chi connectivity index (χ2n) is 6.68. The molecule has 1 fully saturated rings. The Morgan fingerprint density at radius 3 is 2.69 bits per heavy atom. The lowest BCUT2D eigenvalue weighted by molar-refractivity contribution is -0.135. The van der Waals surface area contributed by atoms with Gasteiger partial charge in [-0.3, -0.25) is 9.59 Å². The molecule has 2 amide bonds. The quantitative estimate of drug-likeness (QED) is 0.888. The number of nitrogens with one attached hydrogen (secondary N) is 1. The molecule has 1 aliphatic rings. The van der Waals surface area contributed by atoms with Gasteiger partial charge in [0.25, 0.3) is 5.91 Å². The highest BCUT2D eigenvalue weighted by atomic mass is 32.1. The maximum atomic E-state index is 12.9. The molecule has 1 aromatic carbocycles. The van der Waals surface area contributed by atoms with Gasteiger partial charge >= 0.3 is 0 Å². The fraction of sp³-hybridized carbons (Fsp3) is 0.444. The van der Waals surface area contributed by atoms with Crippen LogP contribution in [0.4, 0.5) is 10.1 Å². The van der Waals surface area contributed by atoms with Crippen molar-refractivity contribution < 1.29 is 14.0 Å². The van der Waals surface area contributed by atoms with Crippen LogP contribution in [0.1, 0.15) is 47.4 Å². The number of carbonyl (C=O) groups excluding carboxylic acids is 2. The Labute approximate surface area is 155 Å². The van der Waals surface area contributed by atoms with E-state index in [0.29, 0.717) is 12.2 Å². The third-order valence-electron chi connectivity index (χ3n) is 4.31. The van der Waals surface area contributed by atoms with Crippen molar-refractivity contribution in [2.24, 2.45) is 5.92 Å². The molecule has 3 rings (SSSR count). The molecule has 1 aromatic heterocycles. The summed E-state index contributed by atoms with van der Waals surface area (Å²) in [4.78, 5) is 26.4. The van der Waals surface area contributed by atoms with Crippen LogP contribution in [-0.4, -0.2) is 40.0 Å². The van der Waals surface area contributed by atoms with Crippen LogP contribution in [0.25, 0.3) is 0 Å². The van der Waals surface area contributed by atoms with Crippen LogP contribution >= 0.6 is 11.3 Å². The summed E-state index contributed by atoms with van der Waals surface area (Å²) in [7, 11) is 0. The zero-order valence-electron chi connectivity index (χ0n) is 14.7. The van der Waals surface area contributed by atoms with Crippen LogP contribution in [0, 0.1) is 11.7 Å². The van der Waals surface area contributed by atoms with Gasteiger partial charge in [0, 0.05) is 30.6 Å². The van der Waals surface area contributed by atoms with Crippen LogP contribution < -0.4 is 5.32 Å². The third kappa shape index (κ3) is 4.24. The number of anilines is 1. The molecule has 0 radical (unpaired) electrons. The minimum Gasteiger partial charge on any atom is -0.342 e. The second-order valence-corrected chi connectivity index (χ2v) is 7.69. The van der Waals surface area contributed by atoms with Gasteiger partial charge in [-0.25, -0.2) is 4.39 Å². The molecular formula is C18H21FN4O2S. The Hall–Kier alpha value is -2.35. The minimum atomic E-state index is -0.369. The van der Waals surface area contributed by atoms with E-state index < -0.39 is 0 Å². The lowest BCUT2D eigenvalue weighted by Crippen LogP contribution is -2.41. The smallest absolute Gasteiger partial charge is 0.286 e. The summed E-state index contributed by atoms with van der Waals surface area (Å²) in [5, 5.41) is 11.9. The van der Waals surface area contributed by atoms with Crippen molar-refractivity contribution in [3.05, 3.63) is 40.1 Å². The number of amides is 2. The summed E-state index contributed by atoms with van der Waals surface area (Å²) >= 11 is 1.25. The Bertz CT molecular complexity index is 791. The van der Waals surface area contributed by atoms with E-state index in [1.807, 2.05) is 18.7 Å². The van der Waals surface area contributed by atoms with Gasteiger partial charge in [-0.15, -0.1) is 10.2 Å². The zero-order chi connectivity index (χ0) is 18.7. The molecule has 0 aliphatic carbocycles. The van der Waals surface area contributed by atoms with E-state index in [1.54, 1.807) is 0 Å². The van der Waals surface area contributed by atoms with Crippen molar-refractivity contribution in [3.63, 3.8) is 0 Å². The predicted molar refractivity (Wildman–Crippen MR) is 97.7 cm³/mol. The summed E-state index contributed by atoms with van der Waals surface area (Å²) in [5.41, 5.74) is 0.500. The van der Waals surface area contributed by atoms with E-state index in [-0.39, 0.29) is 34.5 Å². The van der Waals surface area contributed by atoms with Gasteiger partial charge in [-0.2, -0.15) is 0 Å². The average Bonchev–Trinajstić information content (AvgIpc) is 3.13. The lowest BCUT2D eigenvalue weighted by Gasteiger charge is -2.32. The van der Waals surface area contributed by atoms with E-state index in [2.05, 4.69) is 15.5 Å². The van der Waals surface area contributed by atoms with Gasteiger partial charge in [0.1, 0.15) is 10.8 Å². The molecule has 1 aliphatic heterocycles. The molecule has 2 aromatic rings. The highest BCUT2D eigenvalue weighted by molar-refractivity contribution is 7.13. The second kappa shape index (κ2) is 7.90. The Morgan fingerprint density at radius 1 is 1.27 bits per heavy atom. The van der Waals surface area contributed by atoms with Crippen LogP contribution in [0.5, 0.6) is 0 Å². The van der Waals surface area contributed by atoms with Gasteiger partial charge in [0.15, 0.2) is 0 Å². The molecule has 138 valence electrons. The van der Waals surface area contributed by atoms with Crippen molar-refractivity contribution >= 4 is 28.8 Å². The van der Waals surface area contributed by atoms with E-state index >= 15 is 0 Å². The molecule has 6 nitrogen and oxygen atoms in total. The molecule has 1 atom stereocenters. The number of halogens is 1. The molecule has 0 bridgehead atoms. The summed E-state index contributed by atoms with van der Waals surface area (Å²) in [6.07, 6.45) is 1.84. The maximum absolute atomic E-state index is 12.9. The largest absolute Gasteiger partial charge is 0.342 e. The first-order valence-electron chi connectivity index (χ1n) is 8.63. The first-order chi connectivity index (χ1) is 12.4. The number of likely N-dealkylation sites (tertiary alicyclic amines) is 1. The normalized spacial score (nSPS) is 17.4. The molecule has 0 saturated carbocycles. The maximum Gasteiger partial charge on any atom is 0.286 e.